The van der Waals surface area contributed by atoms with Crippen molar-refractivity contribution in [2.24, 2.45) is 0 Å². The number of fused-ring (bicyclic) bond motifs is 1. The second-order valence-corrected chi connectivity index (χ2v) is 8.69. The Morgan fingerprint density at radius 1 is 1.23 bits per heavy atom. The number of carbonyl (C=O) groups excluding carboxylic acids is 1. The molecule has 2 aromatic carbocycles. The quantitative estimate of drug-likeness (QED) is 0.405. The lowest BCUT2D eigenvalue weighted by Crippen LogP contribution is -2.15. The van der Waals surface area contributed by atoms with Gasteiger partial charge in [0.25, 0.3) is 0 Å². The average Bonchev–Trinajstić information content (AvgIpc) is 3.31. The summed E-state index contributed by atoms with van der Waals surface area (Å²) in [6, 6.07) is 13.7. The number of aromatic nitrogens is 3. The van der Waals surface area contributed by atoms with Gasteiger partial charge in [-0.05, 0) is 49.4 Å². The van der Waals surface area contributed by atoms with Crippen molar-refractivity contribution in [3.63, 3.8) is 0 Å². The summed E-state index contributed by atoms with van der Waals surface area (Å²) in [4.78, 5) is 18.0. The van der Waals surface area contributed by atoms with Crippen LogP contribution in [0.15, 0.2) is 53.4 Å². The SMILES string of the molecule is COc1ccc2nc(-n3nc(C)cc3NC(=O)CCSc3ccc(F)cc3)sc2c1. The lowest BCUT2D eigenvalue weighted by molar-refractivity contribution is -0.115. The third-order valence-electron chi connectivity index (χ3n) is 4.28. The number of ether oxygens (including phenoxy) is 1. The van der Waals surface area contributed by atoms with Crippen LogP contribution in [-0.4, -0.2) is 33.5 Å². The minimum atomic E-state index is -0.269. The van der Waals surface area contributed by atoms with Crippen molar-refractivity contribution in [3.05, 3.63) is 60.0 Å². The summed E-state index contributed by atoms with van der Waals surface area (Å²) < 4.78 is 20.9. The summed E-state index contributed by atoms with van der Waals surface area (Å²) in [5, 5.41) is 8.08. The predicted octanol–water partition coefficient (Wildman–Crippen LogP) is 5.06. The van der Waals surface area contributed by atoms with E-state index in [0.717, 1.165) is 26.6 Å². The molecule has 0 aliphatic rings. The van der Waals surface area contributed by atoms with Gasteiger partial charge in [-0.3, -0.25) is 4.79 Å². The number of thiazole rings is 1. The second kappa shape index (κ2) is 8.85. The molecule has 0 atom stereocenters. The Kier molecular flexibility index (Phi) is 6.01. The van der Waals surface area contributed by atoms with Gasteiger partial charge in [0.15, 0.2) is 0 Å². The van der Waals surface area contributed by atoms with E-state index in [1.54, 1.807) is 23.9 Å². The first-order chi connectivity index (χ1) is 14.5. The number of thioether (sulfide) groups is 1. The summed E-state index contributed by atoms with van der Waals surface area (Å²) in [5.41, 5.74) is 1.62. The number of nitrogens with one attached hydrogen (secondary N) is 1. The van der Waals surface area contributed by atoms with Crippen LogP contribution in [0, 0.1) is 12.7 Å². The van der Waals surface area contributed by atoms with Gasteiger partial charge in [-0.2, -0.15) is 9.78 Å². The highest BCUT2D eigenvalue weighted by Gasteiger charge is 2.15. The molecule has 30 heavy (non-hydrogen) atoms. The Balaban J connectivity index is 1.45. The molecule has 1 amide bonds. The molecule has 154 valence electrons. The fourth-order valence-corrected chi connectivity index (χ4v) is 4.65. The molecule has 0 fully saturated rings. The Bertz CT molecular complexity index is 1190. The highest BCUT2D eigenvalue weighted by molar-refractivity contribution is 7.99. The highest BCUT2D eigenvalue weighted by atomic mass is 32.2. The van der Waals surface area contributed by atoms with Crippen LogP contribution < -0.4 is 10.1 Å². The number of nitrogens with zero attached hydrogens (tertiary/aromatic N) is 3. The maximum Gasteiger partial charge on any atom is 0.226 e. The van der Waals surface area contributed by atoms with Gasteiger partial charge in [0.05, 0.1) is 23.0 Å². The summed E-state index contributed by atoms with van der Waals surface area (Å²) in [6.45, 7) is 1.87. The van der Waals surface area contributed by atoms with Crippen LogP contribution in [0.5, 0.6) is 5.75 Å². The van der Waals surface area contributed by atoms with Gasteiger partial charge in [0.1, 0.15) is 17.4 Å². The van der Waals surface area contributed by atoms with E-state index in [1.165, 1.54) is 35.2 Å². The predicted molar refractivity (Wildman–Crippen MR) is 118 cm³/mol. The molecule has 6 nitrogen and oxygen atoms in total. The van der Waals surface area contributed by atoms with Gasteiger partial charge in [-0.1, -0.05) is 11.3 Å². The van der Waals surface area contributed by atoms with Crippen molar-refractivity contribution < 1.29 is 13.9 Å². The normalized spacial score (nSPS) is 11.0. The molecule has 0 unspecified atom stereocenters. The topological polar surface area (TPSA) is 69.0 Å². The van der Waals surface area contributed by atoms with Crippen molar-refractivity contribution >= 4 is 45.0 Å². The molecular formula is C21H19FN4O2S2. The number of rotatable bonds is 7. The molecule has 0 radical (unpaired) electrons. The lowest BCUT2D eigenvalue weighted by atomic mass is 10.3. The van der Waals surface area contributed by atoms with E-state index >= 15 is 0 Å². The first-order valence-electron chi connectivity index (χ1n) is 9.21. The van der Waals surface area contributed by atoms with E-state index in [4.69, 9.17) is 4.74 Å². The minimum absolute atomic E-state index is 0.117. The maximum absolute atomic E-state index is 13.0. The number of halogens is 1. The third-order valence-corrected chi connectivity index (χ3v) is 6.28. The van der Waals surface area contributed by atoms with E-state index in [1.807, 2.05) is 31.2 Å². The first-order valence-corrected chi connectivity index (χ1v) is 11.0. The van der Waals surface area contributed by atoms with E-state index in [2.05, 4.69) is 15.4 Å². The Labute approximate surface area is 181 Å². The fourth-order valence-electron chi connectivity index (χ4n) is 2.84. The van der Waals surface area contributed by atoms with Crippen molar-refractivity contribution in [1.29, 1.82) is 0 Å². The molecule has 0 bridgehead atoms. The number of hydrogen-bond donors (Lipinski definition) is 1. The Morgan fingerprint density at radius 2 is 2.03 bits per heavy atom. The molecule has 0 spiro atoms. The molecule has 0 aliphatic carbocycles. The van der Waals surface area contributed by atoms with Crippen LogP contribution >= 0.6 is 23.1 Å². The summed E-state index contributed by atoms with van der Waals surface area (Å²) >= 11 is 2.98. The third kappa shape index (κ3) is 4.63. The number of aryl methyl sites for hydroxylation is 1. The standard InChI is InChI=1S/C21H19FN4O2S2/c1-13-11-19(24-20(27)9-10-29-16-6-3-14(22)4-7-16)26(25-13)21-23-17-8-5-15(28-2)12-18(17)30-21/h3-8,11-12H,9-10H2,1-2H3,(H,24,27). The van der Waals surface area contributed by atoms with E-state index in [0.29, 0.717) is 23.1 Å². The van der Waals surface area contributed by atoms with Gasteiger partial charge in [-0.15, -0.1) is 11.8 Å². The van der Waals surface area contributed by atoms with Gasteiger partial charge >= 0.3 is 0 Å². The maximum atomic E-state index is 13.0. The van der Waals surface area contributed by atoms with Crippen molar-refractivity contribution in [1.82, 2.24) is 14.8 Å². The number of benzene rings is 2. The summed E-state index contributed by atoms with van der Waals surface area (Å²) in [5.74, 6) is 1.55. The molecular weight excluding hydrogens is 423 g/mol. The van der Waals surface area contributed by atoms with Crippen molar-refractivity contribution in [3.8, 4) is 10.9 Å². The molecule has 2 aromatic heterocycles. The molecule has 9 heteroatoms. The Morgan fingerprint density at radius 3 is 2.80 bits per heavy atom. The molecule has 0 aliphatic heterocycles. The van der Waals surface area contributed by atoms with Gasteiger partial charge < -0.3 is 10.1 Å². The van der Waals surface area contributed by atoms with E-state index in [9.17, 15) is 9.18 Å². The van der Waals surface area contributed by atoms with E-state index < -0.39 is 0 Å². The largest absolute Gasteiger partial charge is 0.497 e. The van der Waals surface area contributed by atoms with Crippen LogP contribution in [0.25, 0.3) is 15.3 Å². The van der Waals surface area contributed by atoms with Crippen LogP contribution in [0.3, 0.4) is 0 Å². The smallest absolute Gasteiger partial charge is 0.226 e. The monoisotopic (exact) mass is 442 g/mol. The minimum Gasteiger partial charge on any atom is -0.497 e. The number of anilines is 1. The molecule has 4 aromatic rings. The Hall–Kier alpha value is -2.91. The number of methoxy groups -OCH3 is 1. The molecule has 2 heterocycles. The zero-order valence-electron chi connectivity index (χ0n) is 16.4. The highest BCUT2D eigenvalue weighted by Crippen LogP contribution is 2.30. The van der Waals surface area contributed by atoms with Gasteiger partial charge in [0.2, 0.25) is 11.0 Å². The number of amides is 1. The van der Waals surface area contributed by atoms with Crippen LogP contribution in [0.2, 0.25) is 0 Å². The van der Waals surface area contributed by atoms with Crippen LogP contribution in [0.1, 0.15) is 12.1 Å². The first kappa shape index (κ1) is 20.4. The molecule has 4 rings (SSSR count). The molecule has 1 N–H and O–H groups in total. The average molecular weight is 443 g/mol. The summed E-state index contributed by atoms with van der Waals surface area (Å²) in [6.07, 6.45) is 0.323. The zero-order valence-corrected chi connectivity index (χ0v) is 18.0. The van der Waals surface area contributed by atoms with Crippen molar-refractivity contribution in [2.45, 2.75) is 18.2 Å². The van der Waals surface area contributed by atoms with Crippen LogP contribution in [-0.2, 0) is 4.79 Å². The van der Waals surface area contributed by atoms with E-state index in [-0.39, 0.29) is 11.7 Å². The van der Waals surface area contributed by atoms with Crippen LogP contribution in [0.4, 0.5) is 10.2 Å². The lowest BCUT2D eigenvalue weighted by Gasteiger charge is -2.06. The zero-order chi connectivity index (χ0) is 21.1. The van der Waals surface area contributed by atoms with Gasteiger partial charge in [-0.25, -0.2) is 9.37 Å². The number of carbonyl (C=O) groups is 1. The van der Waals surface area contributed by atoms with Crippen molar-refractivity contribution in [2.75, 3.05) is 18.2 Å². The molecule has 0 saturated heterocycles. The fraction of sp³-hybridized carbons (Fsp3) is 0.190. The van der Waals surface area contributed by atoms with Gasteiger partial charge in [0, 0.05) is 23.1 Å². The molecule has 0 saturated carbocycles. The number of hydrogen-bond acceptors (Lipinski definition) is 6. The summed E-state index contributed by atoms with van der Waals surface area (Å²) in [7, 11) is 1.63. The second-order valence-electron chi connectivity index (χ2n) is 6.51.